The van der Waals surface area contributed by atoms with Crippen LogP contribution >= 0.6 is 0 Å². The van der Waals surface area contributed by atoms with Gasteiger partial charge in [0.25, 0.3) is 0 Å². The highest BCUT2D eigenvalue weighted by Crippen LogP contribution is 2.56. The molecule has 1 saturated carbocycles. The fourth-order valence-corrected chi connectivity index (χ4v) is 3.41. The zero-order chi connectivity index (χ0) is 24.6. The molecule has 0 aromatic heterocycles. The Morgan fingerprint density at radius 3 is 3.14 bits per heavy atom. The summed E-state index contributed by atoms with van der Waals surface area (Å²) in [6.07, 6.45) is -12.1. The van der Waals surface area contributed by atoms with Crippen molar-refractivity contribution in [1.82, 2.24) is 4.90 Å². The van der Waals surface area contributed by atoms with E-state index in [4.69, 9.17) is 17.1 Å². The van der Waals surface area contributed by atoms with Gasteiger partial charge < -0.3 is 9.64 Å². The van der Waals surface area contributed by atoms with Gasteiger partial charge in [-0.25, -0.2) is 0 Å². The van der Waals surface area contributed by atoms with E-state index in [9.17, 15) is 2.74 Å². The normalized spacial score (nSPS) is 66.3. The molecule has 1 aliphatic heterocycles. The van der Waals surface area contributed by atoms with Crippen molar-refractivity contribution in [3.05, 3.63) is 29.3 Å². The molecule has 4 atom stereocenters. The smallest absolute Gasteiger partial charge is 0.119 e. The van der Waals surface area contributed by atoms with Crippen LogP contribution in [0.3, 0.4) is 0 Å². The fourth-order valence-electron chi connectivity index (χ4n) is 3.41. The van der Waals surface area contributed by atoms with Crippen molar-refractivity contribution in [1.29, 1.82) is 0 Å². The molecule has 0 spiro atoms. The highest BCUT2D eigenvalue weighted by atomic mass is 16.5. The molecule has 21 heavy (non-hydrogen) atoms. The Hall–Kier alpha value is -1.02. The summed E-state index contributed by atoms with van der Waals surface area (Å²) in [7, 11) is 2.76. The van der Waals surface area contributed by atoms with Crippen LogP contribution in [-0.2, 0) is 11.8 Å². The van der Waals surface area contributed by atoms with Gasteiger partial charge in [-0.1, -0.05) is 13.0 Å². The molecule has 0 amide bonds. The predicted octanol–water partition coefficient (Wildman–Crippen LogP) is 3.63. The molecule has 1 aromatic carbocycles. The summed E-state index contributed by atoms with van der Waals surface area (Å²) in [6.45, 7) is 0.852. The molecule has 2 aliphatic carbocycles. The summed E-state index contributed by atoms with van der Waals surface area (Å²) in [6, 6.07) is 1.50. The Bertz CT molecular complexity index is 995. The zero-order valence-corrected chi connectivity index (χ0v) is 12.5. The molecule has 1 aromatic rings. The van der Waals surface area contributed by atoms with Crippen molar-refractivity contribution < 1.29 is 19.8 Å². The van der Waals surface area contributed by atoms with Gasteiger partial charge in [0.1, 0.15) is 5.75 Å². The van der Waals surface area contributed by atoms with Crippen molar-refractivity contribution in [2.75, 3.05) is 20.7 Å². The lowest BCUT2D eigenvalue weighted by Gasteiger charge is -2.59. The van der Waals surface area contributed by atoms with Crippen LogP contribution in [0.5, 0.6) is 5.75 Å². The average molecular weight is 296 g/mol. The molecule has 2 fully saturated rings. The highest BCUT2D eigenvalue weighted by molar-refractivity contribution is 5.45. The van der Waals surface area contributed by atoms with Crippen molar-refractivity contribution in [2.24, 2.45) is 11.8 Å². The van der Waals surface area contributed by atoms with Crippen LogP contribution in [0.15, 0.2) is 18.2 Å². The van der Waals surface area contributed by atoms with Crippen molar-refractivity contribution in [2.45, 2.75) is 50.3 Å². The second kappa shape index (κ2) is 4.74. The molecule has 0 radical (unpaired) electrons. The summed E-state index contributed by atoms with van der Waals surface area (Å²) in [4.78, 5) is 1.22. The molecule has 114 valence electrons. The van der Waals surface area contributed by atoms with Gasteiger partial charge in [-0.05, 0) is 80.6 Å². The molecule has 3 aliphatic rings. The molecular weight excluding hydrogens is 258 g/mol. The number of methoxy groups -OCH3 is 1. The van der Waals surface area contributed by atoms with Crippen LogP contribution in [0, 0.1) is 11.8 Å². The summed E-state index contributed by atoms with van der Waals surface area (Å²) >= 11 is 0. The summed E-state index contributed by atoms with van der Waals surface area (Å²) < 4.78 is 104. The minimum Gasteiger partial charge on any atom is -0.497 e. The van der Waals surface area contributed by atoms with Gasteiger partial charge >= 0.3 is 0 Å². The van der Waals surface area contributed by atoms with E-state index < -0.39 is 48.7 Å². The number of ether oxygens (including phenoxy) is 1. The van der Waals surface area contributed by atoms with E-state index in [0.717, 1.165) is 6.92 Å². The topological polar surface area (TPSA) is 12.5 Å². The monoisotopic (exact) mass is 296 g/mol. The van der Waals surface area contributed by atoms with Crippen LogP contribution in [0.25, 0.3) is 0 Å². The van der Waals surface area contributed by atoms with E-state index >= 15 is 0 Å². The zero-order valence-electron chi connectivity index (χ0n) is 23.5. The minimum absolute atomic E-state index is 0.0549. The predicted molar refractivity (Wildman–Crippen MR) is 85.9 cm³/mol. The number of fused-ring (bicyclic) bond motifs is 1. The molecule has 2 heteroatoms. The SMILES string of the molecule is [2H]C1([2H])C([2H])(C)C([2H])([2H])[C@]2([2H])[C@@]3([2H])N(C)CC[C@@]2(c2cc(OC)ccc2C3([2H])[2H])C1([2H])[2H]. The number of nitrogens with zero attached hydrogens (tertiary/aromatic N) is 1. The molecule has 4 rings (SSSR count). The number of likely N-dealkylation sites (tertiary alicyclic amines) is 1. The standard InChI is InChI=1S/C19H27NO/c1-13-6-7-19-8-9-20(2)18(17(19)10-13)11-14-4-5-15(21-3)12-16(14)19/h4-5,12-13,17-18H,6-11H2,1-3H3/t13?,17-,18+,19-/m1/s1/i6D2,7D2,10D2,11D2,13D,17D,18D. The van der Waals surface area contributed by atoms with Gasteiger partial charge in [-0.2, -0.15) is 0 Å². The van der Waals surface area contributed by atoms with Crippen LogP contribution in [0.4, 0.5) is 0 Å². The Balaban J connectivity index is 2.32. The lowest BCUT2D eigenvalue weighted by molar-refractivity contribution is -0.0112. The summed E-state index contributed by atoms with van der Waals surface area (Å²) in [5.41, 5.74) is -2.43. The Labute approximate surface area is 143 Å². The van der Waals surface area contributed by atoms with Crippen LogP contribution < -0.4 is 4.74 Å². The van der Waals surface area contributed by atoms with Crippen LogP contribution in [-0.4, -0.2) is 31.6 Å². The van der Waals surface area contributed by atoms with Gasteiger partial charge in [-0.15, -0.1) is 0 Å². The Morgan fingerprint density at radius 1 is 1.48 bits per heavy atom. The molecular formula is C19H27NO. The number of rotatable bonds is 1. The summed E-state index contributed by atoms with van der Waals surface area (Å²) in [5, 5.41) is 0. The Morgan fingerprint density at radius 2 is 2.33 bits per heavy atom. The first kappa shape index (κ1) is 6.23. The molecule has 2 bridgehead atoms. The first-order valence-corrected chi connectivity index (χ1v) is 7.19. The van der Waals surface area contributed by atoms with Crippen molar-refractivity contribution in [3.8, 4) is 5.75 Å². The van der Waals surface area contributed by atoms with Gasteiger partial charge in [-0.3, -0.25) is 0 Å². The lowest BCUT2D eigenvalue weighted by Crippen LogP contribution is -2.60. The molecule has 2 nitrogen and oxygen atoms in total. The average Bonchev–Trinajstić information content (AvgIpc) is 2.69. The fraction of sp³-hybridized carbons (Fsp3) is 0.684. The highest BCUT2D eigenvalue weighted by Gasteiger charge is 2.54. The molecule has 1 heterocycles. The van der Waals surface area contributed by atoms with E-state index in [-0.39, 0.29) is 29.8 Å². The van der Waals surface area contributed by atoms with E-state index in [1.165, 1.54) is 37.3 Å². The molecule has 0 N–H and O–H groups in total. The second-order valence-electron chi connectivity index (χ2n) is 5.84. The van der Waals surface area contributed by atoms with Gasteiger partial charge in [0.15, 0.2) is 0 Å². The summed E-state index contributed by atoms with van der Waals surface area (Å²) in [5.74, 6) is -5.47. The number of likely N-dealkylation sites (N-methyl/N-ethyl adjacent to an activating group) is 1. The van der Waals surface area contributed by atoms with Gasteiger partial charge in [0.05, 0.1) is 7.11 Å². The first-order chi connectivity index (χ1) is 14.3. The third kappa shape index (κ3) is 1.88. The van der Waals surface area contributed by atoms with E-state index in [1.54, 1.807) is 0 Å². The van der Waals surface area contributed by atoms with E-state index in [1.807, 2.05) is 0 Å². The number of piperidine rings is 1. The number of benzene rings is 1. The van der Waals surface area contributed by atoms with Gasteiger partial charge in [0, 0.05) is 26.5 Å². The number of hydrogen-bond donors (Lipinski definition) is 0. The maximum absolute atomic E-state index is 9.60. The van der Waals surface area contributed by atoms with Crippen molar-refractivity contribution in [3.63, 3.8) is 0 Å². The van der Waals surface area contributed by atoms with E-state index in [0.29, 0.717) is 0 Å². The third-order valence-electron chi connectivity index (χ3n) is 4.58. The maximum atomic E-state index is 9.60. The quantitative estimate of drug-likeness (QED) is 0.784. The van der Waals surface area contributed by atoms with Crippen LogP contribution in [0.2, 0.25) is 0 Å². The van der Waals surface area contributed by atoms with Gasteiger partial charge in [0.2, 0.25) is 0 Å². The first-order valence-electron chi connectivity index (χ1n) is 12.7. The maximum Gasteiger partial charge on any atom is 0.119 e. The Kier molecular flexibility index (Phi) is 1.41. The second-order valence-corrected chi connectivity index (χ2v) is 5.84. The molecule has 1 saturated heterocycles. The lowest BCUT2D eigenvalue weighted by atomic mass is 9.51. The van der Waals surface area contributed by atoms with E-state index in [2.05, 4.69) is 0 Å². The van der Waals surface area contributed by atoms with Crippen molar-refractivity contribution >= 4 is 0 Å². The van der Waals surface area contributed by atoms with Crippen LogP contribution in [0.1, 0.15) is 58.7 Å². The minimum atomic E-state index is -3.13. The number of hydrogen-bond acceptors (Lipinski definition) is 2. The third-order valence-corrected chi connectivity index (χ3v) is 4.58. The molecule has 1 unspecified atom stereocenters. The largest absolute Gasteiger partial charge is 0.497 e.